The topological polar surface area (TPSA) is 29.1 Å². The third-order valence-electron chi connectivity index (χ3n) is 4.57. The summed E-state index contributed by atoms with van der Waals surface area (Å²) < 4.78 is 14.1. The van der Waals surface area contributed by atoms with Crippen molar-refractivity contribution >= 4 is 5.91 Å². The number of halogens is 1. The molecule has 0 aromatic heterocycles. The molecule has 22 heavy (non-hydrogen) atoms. The molecule has 2 aromatic rings. The molecule has 1 amide bonds. The lowest BCUT2D eigenvalue weighted by Gasteiger charge is -2.40. The van der Waals surface area contributed by atoms with Crippen LogP contribution in [0.15, 0.2) is 54.6 Å². The van der Waals surface area contributed by atoms with Crippen molar-refractivity contribution < 1.29 is 9.18 Å². The van der Waals surface area contributed by atoms with Gasteiger partial charge in [0, 0.05) is 12.1 Å². The highest BCUT2D eigenvalue weighted by atomic mass is 19.1. The van der Waals surface area contributed by atoms with Crippen LogP contribution in [0.4, 0.5) is 4.39 Å². The van der Waals surface area contributed by atoms with E-state index in [-0.39, 0.29) is 11.7 Å². The molecule has 1 N–H and O–H groups in total. The molecule has 0 unspecified atom stereocenters. The van der Waals surface area contributed by atoms with Gasteiger partial charge in [-0.1, -0.05) is 55.0 Å². The molecule has 1 saturated carbocycles. The van der Waals surface area contributed by atoms with Crippen LogP contribution in [0, 0.1) is 5.82 Å². The largest absolute Gasteiger partial charge is 0.355 e. The first-order chi connectivity index (χ1) is 10.7. The van der Waals surface area contributed by atoms with Crippen molar-refractivity contribution in [3.8, 4) is 0 Å². The van der Waals surface area contributed by atoms with Gasteiger partial charge in [-0.05, 0) is 30.9 Å². The lowest BCUT2D eigenvalue weighted by Crippen LogP contribution is -2.50. The molecule has 0 heterocycles. The van der Waals surface area contributed by atoms with E-state index in [1.165, 1.54) is 11.6 Å². The molecule has 1 aliphatic carbocycles. The van der Waals surface area contributed by atoms with Crippen molar-refractivity contribution in [1.82, 2.24) is 5.32 Å². The Labute approximate surface area is 130 Å². The second-order valence-corrected chi connectivity index (χ2v) is 5.91. The minimum atomic E-state index is -0.665. The predicted octanol–water partition coefficient (Wildman–Crippen LogP) is 3.61. The Morgan fingerprint density at radius 1 is 1.05 bits per heavy atom. The zero-order valence-electron chi connectivity index (χ0n) is 12.5. The lowest BCUT2D eigenvalue weighted by molar-refractivity contribution is -0.130. The highest BCUT2D eigenvalue weighted by molar-refractivity contribution is 5.89. The van der Waals surface area contributed by atoms with E-state index in [0.717, 1.165) is 25.7 Å². The smallest absolute Gasteiger partial charge is 0.230 e. The molecule has 114 valence electrons. The van der Waals surface area contributed by atoms with Gasteiger partial charge < -0.3 is 5.32 Å². The molecule has 0 bridgehead atoms. The van der Waals surface area contributed by atoms with E-state index in [4.69, 9.17) is 0 Å². The number of rotatable bonds is 5. The summed E-state index contributed by atoms with van der Waals surface area (Å²) in [7, 11) is 0. The van der Waals surface area contributed by atoms with Crippen LogP contribution in [0.3, 0.4) is 0 Å². The summed E-state index contributed by atoms with van der Waals surface area (Å²) in [5.41, 5.74) is 1.07. The molecular weight excluding hydrogens is 277 g/mol. The molecule has 2 nitrogen and oxygen atoms in total. The van der Waals surface area contributed by atoms with Crippen molar-refractivity contribution in [2.75, 3.05) is 6.54 Å². The first-order valence-electron chi connectivity index (χ1n) is 7.80. The highest BCUT2D eigenvalue weighted by Gasteiger charge is 2.46. The zero-order chi connectivity index (χ0) is 15.4. The molecule has 3 heteroatoms. The van der Waals surface area contributed by atoms with Crippen molar-refractivity contribution in [2.24, 2.45) is 0 Å². The fourth-order valence-corrected chi connectivity index (χ4v) is 3.13. The van der Waals surface area contributed by atoms with Crippen LogP contribution in [-0.4, -0.2) is 12.5 Å². The molecular formula is C19H20FNO. The Kier molecular flexibility index (Phi) is 4.23. The van der Waals surface area contributed by atoms with Gasteiger partial charge in [0.05, 0.1) is 5.41 Å². The number of nitrogens with one attached hydrogen (secondary N) is 1. The zero-order valence-corrected chi connectivity index (χ0v) is 12.5. The Bertz CT molecular complexity index is 649. The molecule has 2 aromatic carbocycles. The number of hydrogen-bond donors (Lipinski definition) is 1. The van der Waals surface area contributed by atoms with E-state index in [1.54, 1.807) is 18.2 Å². The molecule has 0 atom stereocenters. The Morgan fingerprint density at radius 3 is 2.36 bits per heavy atom. The first kappa shape index (κ1) is 14.8. The molecule has 1 fully saturated rings. The number of amides is 1. The van der Waals surface area contributed by atoms with Crippen molar-refractivity contribution in [3.05, 3.63) is 71.5 Å². The maximum absolute atomic E-state index is 14.1. The van der Waals surface area contributed by atoms with E-state index >= 15 is 0 Å². The fourth-order valence-electron chi connectivity index (χ4n) is 3.13. The second-order valence-electron chi connectivity index (χ2n) is 5.91. The van der Waals surface area contributed by atoms with Crippen LogP contribution in [0.1, 0.15) is 30.4 Å². The summed E-state index contributed by atoms with van der Waals surface area (Å²) in [5, 5.41) is 2.99. The highest BCUT2D eigenvalue weighted by Crippen LogP contribution is 2.44. The van der Waals surface area contributed by atoms with Gasteiger partial charge in [-0.25, -0.2) is 4.39 Å². The van der Waals surface area contributed by atoms with Gasteiger partial charge in [-0.3, -0.25) is 4.79 Å². The molecule has 0 radical (unpaired) electrons. The second kappa shape index (κ2) is 6.30. The molecule has 0 saturated heterocycles. The predicted molar refractivity (Wildman–Crippen MR) is 85.1 cm³/mol. The van der Waals surface area contributed by atoms with E-state index in [2.05, 4.69) is 5.32 Å². The maximum atomic E-state index is 14.1. The molecule has 1 aliphatic rings. The number of carbonyl (C=O) groups excluding carboxylic acids is 1. The maximum Gasteiger partial charge on any atom is 0.230 e. The van der Waals surface area contributed by atoms with Crippen molar-refractivity contribution in [1.29, 1.82) is 0 Å². The van der Waals surface area contributed by atoms with E-state index < -0.39 is 5.41 Å². The van der Waals surface area contributed by atoms with Gasteiger partial charge in [-0.15, -0.1) is 0 Å². The minimum absolute atomic E-state index is 0.0419. The van der Waals surface area contributed by atoms with Gasteiger partial charge in [0.15, 0.2) is 0 Å². The normalized spacial score (nSPS) is 15.9. The van der Waals surface area contributed by atoms with Crippen LogP contribution in [0.2, 0.25) is 0 Å². The lowest BCUT2D eigenvalue weighted by atomic mass is 9.63. The van der Waals surface area contributed by atoms with Gasteiger partial charge in [0.2, 0.25) is 5.91 Å². The Balaban J connectivity index is 1.66. The SMILES string of the molecule is O=C(NCCc1ccccc1)C1(c2ccccc2F)CCC1. The fraction of sp³-hybridized carbons (Fsp3) is 0.316. The van der Waals surface area contributed by atoms with Crippen LogP contribution in [-0.2, 0) is 16.6 Å². The van der Waals surface area contributed by atoms with Crippen LogP contribution in [0.5, 0.6) is 0 Å². The molecule has 0 aliphatic heterocycles. The number of hydrogen-bond acceptors (Lipinski definition) is 1. The summed E-state index contributed by atoms with van der Waals surface area (Å²) in [6, 6.07) is 16.7. The third kappa shape index (κ3) is 2.76. The van der Waals surface area contributed by atoms with Crippen LogP contribution >= 0.6 is 0 Å². The van der Waals surface area contributed by atoms with Gasteiger partial charge in [-0.2, -0.15) is 0 Å². The Morgan fingerprint density at radius 2 is 1.73 bits per heavy atom. The monoisotopic (exact) mass is 297 g/mol. The molecule has 3 rings (SSSR count). The third-order valence-corrected chi connectivity index (χ3v) is 4.57. The van der Waals surface area contributed by atoms with Gasteiger partial charge >= 0.3 is 0 Å². The van der Waals surface area contributed by atoms with E-state index in [0.29, 0.717) is 12.1 Å². The van der Waals surface area contributed by atoms with E-state index in [9.17, 15) is 9.18 Å². The number of carbonyl (C=O) groups is 1. The van der Waals surface area contributed by atoms with Crippen LogP contribution in [0.25, 0.3) is 0 Å². The first-order valence-corrected chi connectivity index (χ1v) is 7.80. The average molecular weight is 297 g/mol. The van der Waals surface area contributed by atoms with Gasteiger partial charge in [0.25, 0.3) is 0 Å². The van der Waals surface area contributed by atoms with E-state index in [1.807, 2.05) is 30.3 Å². The van der Waals surface area contributed by atoms with Crippen molar-refractivity contribution in [2.45, 2.75) is 31.1 Å². The summed E-state index contributed by atoms with van der Waals surface area (Å²) in [5.74, 6) is -0.319. The van der Waals surface area contributed by atoms with Crippen molar-refractivity contribution in [3.63, 3.8) is 0 Å². The van der Waals surface area contributed by atoms with Crippen LogP contribution < -0.4 is 5.32 Å². The van der Waals surface area contributed by atoms with Gasteiger partial charge in [0.1, 0.15) is 5.82 Å². The standard InChI is InChI=1S/C19H20FNO/c20-17-10-5-4-9-16(17)19(12-6-13-19)18(22)21-14-11-15-7-2-1-3-8-15/h1-5,7-10H,6,11-14H2,(H,21,22). The quantitative estimate of drug-likeness (QED) is 0.897. The summed E-state index contributed by atoms with van der Waals surface area (Å²) >= 11 is 0. The Hall–Kier alpha value is -2.16. The summed E-state index contributed by atoms with van der Waals surface area (Å²) in [6.45, 7) is 0.582. The summed E-state index contributed by atoms with van der Waals surface area (Å²) in [6.07, 6.45) is 3.22. The summed E-state index contributed by atoms with van der Waals surface area (Å²) in [4.78, 5) is 12.6. The number of benzene rings is 2. The molecule has 0 spiro atoms. The minimum Gasteiger partial charge on any atom is -0.355 e. The average Bonchev–Trinajstić information content (AvgIpc) is 2.49.